The molecule has 0 aliphatic carbocycles. The van der Waals surface area contributed by atoms with E-state index in [1.807, 2.05) is 0 Å². The van der Waals surface area contributed by atoms with Crippen molar-refractivity contribution in [3.8, 4) is 0 Å². The maximum atomic E-state index is 11.4. The summed E-state index contributed by atoms with van der Waals surface area (Å²) in [4.78, 5) is 23.1. The summed E-state index contributed by atoms with van der Waals surface area (Å²) in [6.07, 6.45) is 1.77. The van der Waals surface area contributed by atoms with Crippen LogP contribution in [0.15, 0.2) is 11.8 Å². The minimum Gasteiger partial charge on any atom is -0.446 e. The predicted octanol–water partition coefficient (Wildman–Crippen LogP) is 1.96. The summed E-state index contributed by atoms with van der Waals surface area (Å²) in [5, 5.41) is 0. The van der Waals surface area contributed by atoms with Gasteiger partial charge in [-0.1, -0.05) is 6.08 Å². The largest absolute Gasteiger partial charge is 0.446 e. The van der Waals surface area contributed by atoms with Crippen LogP contribution in [0.1, 0.15) is 27.7 Å². The molecule has 0 unspecified atom stereocenters. The number of allylic oxidation sites excluding steroid dienone is 2. The molecule has 4 heteroatoms. The molecule has 0 aliphatic heterocycles. The Kier molecular flexibility index (Phi) is 5.60. The van der Waals surface area contributed by atoms with E-state index >= 15 is 0 Å². The van der Waals surface area contributed by atoms with Gasteiger partial charge in [0.1, 0.15) is 6.29 Å². The molecule has 80 valence electrons. The molecule has 0 bridgehead atoms. The lowest BCUT2D eigenvalue weighted by atomic mass is 10.4. The van der Waals surface area contributed by atoms with E-state index in [4.69, 9.17) is 4.74 Å². The monoisotopic (exact) mass is 199 g/mol. The number of carbonyl (C=O) groups excluding carboxylic acids is 2. The summed E-state index contributed by atoms with van der Waals surface area (Å²) >= 11 is 0. The Balaban J connectivity index is 4.48. The van der Waals surface area contributed by atoms with Crippen LogP contribution >= 0.6 is 0 Å². The van der Waals surface area contributed by atoms with Gasteiger partial charge in [0.2, 0.25) is 0 Å². The zero-order valence-electron chi connectivity index (χ0n) is 9.11. The summed E-state index contributed by atoms with van der Waals surface area (Å²) in [5.74, 6) is 0. The molecule has 0 radical (unpaired) electrons. The van der Waals surface area contributed by atoms with Crippen LogP contribution in [-0.4, -0.2) is 29.9 Å². The second-order valence-electron chi connectivity index (χ2n) is 3.14. The van der Waals surface area contributed by atoms with Crippen molar-refractivity contribution in [1.82, 2.24) is 4.90 Å². The highest BCUT2D eigenvalue weighted by Crippen LogP contribution is 2.06. The average Bonchev–Trinajstić information content (AvgIpc) is 2.11. The Morgan fingerprint density at radius 1 is 1.50 bits per heavy atom. The van der Waals surface area contributed by atoms with Gasteiger partial charge in [0.15, 0.2) is 0 Å². The molecule has 0 fully saturated rings. The first-order valence-corrected chi connectivity index (χ1v) is 4.57. The summed E-state index contributed by atoms with van der Waals surface area (Å²) in [7, 11) is 0. The Bertz CT molecular complexity index is 234. The number of carbonyl (C=O) groups is 2. The molecule has 4 nitrogen and oxygen atoms in total. The van der Waals surface area contributed by atoms with E-state index in [-0.39, 0.29) is 12.6 Å². The van der Waals surface area contributed by atoms with Gasteiger partial charge in [-0.25, -0.2) is 4.79 Å². The molecule has 0 aromatic carbocycles. The fourth-order valence-electron chi connectivity index (χ4n) is 0.858. The van der Waals surface area contributed by atoms with E-state index < -0.39 is 6.09 Å². The normalized spacial score (nSPS) is 11.4. The van der Waals surface area contributed by atoms with E-state index in [1.54, 1.807) is 33.8 Å². The van der Waals surface area contributed by atoms with Crippen molar-refractivity contribution in [2.45, 2.75) is 33.8 Å². The van der Waals surface area contributed by atoms with E-state index in [2.05, 4.69) is 0 Å². The molecule has 1 amide bonds. The third-order valence-electron chi connectivity index (χ3n) is 1.66. The van der Waals surface area contributed by atoms with Crippen molar-refractivity contribution in [2.75, 3.05) is 6.54 Å². The Hall–Kier alpha value is -1.32. The minimum atomic E-state index is -0.484. The number of nitrogens with zero attached hydrogens (tertiary/aromatic N) is 1. The van der Waals surface area contributed by atoms with Gasteiger partial charge in [0, 0.05) is 5.70 Å². The topological polar surface area (TPSA) is 46.6 Å². The van der Waals surface area contributed by atoms with Crippen LogP contribution in [0, 0.1) is 0 Å². The number of aldehydes is 1. The summed E-state index contributed by atoms with van der Waals surface area (Å²) in [6.45, 7) is 7.12. The van der Waals surface area contributed by atoms with Gasteiger partial charge in [0.05, 0.1) is 12.6 Å². The zero-order valence-corrected chi connectivity index (χ0v) is 9.11. The first kappa shape index (κ1) is 12.7. The van der Waals surface area contributed by atoms with Crippen molar-refractivity contribution >= 4 is 12.4 Å². The molecule has 0 spiro atoms. The molecule has 14 heavy (non-hydrogen) atoms. The van der Waals surface area contributed by atoms with E-state index in [9.17, 15) is 9.59 Å². The molecule has 0 aliphatic rings. The van der Waals surface area contributed by atoms with Gasteiger partial charge >= 0.3 is 6.09 Å². The third-order valence-corrected chi connectivity index (χ3v) is 1.66. The maximum absolute atomic E-state index is 11.4. The summed E-state index contributed by atoms with van der Waals surface area (Å²) < 4.78 is 4.98. The van der Waals surface area contributed by atoms with Gasteiger partial charge in [-0.15, -0.1) is 0 Å². The molecular weight excluding hydrogens is 182 g/mol. The van der Waals surface area contributed by atoms with Gasteiger partial charge in [-0.3, -0.25) is 4.90 Å². The van der Waals surface area contributed by atoms with Crippen molar-refractivity contribution in [1.29, 1.82) is 0 Å². The quantitative estimate of drug-likeness (QED) is 0.650. The lowest BCUT2D eigenvalue weighted by Crippen LogP contribution is -2.33. The molecule has 0 N–H and O–H groups in total. The maximum Gasteiger partial charge on any atom is 0.414 e. The SMILES string of the molecule is CC=C(C)N(CC=O)C(=O)OC(C)C. The first-order chi connectivity index (χ1) is 6.52. The Morgan fingerprint density at radius 3 is 2.43 bits per heavy atom. The van der Waals surface area contributed by atoms with Gasteiger partial charge in [-0.2, -0.15) is 0 Å². The summed E-state index contributed by atoms with van der Waals surface area (Å²) in [6, 6.07) is 0. The molecule has 0 saturated heterocycles. The highest BCUT2D eigenvalue weighted by atomic mass is 16.6. The summed E-state index contributed by atoms with van der Waals surface area (Å²) in [5.41, 5.74) is 0.711. The van der Waals surface area contributed by atoms with Gasteiger partial charge < -0.3 is 9.53 Å². The lowest BCUT2D eigenvalue weighted by Gasteiger charge is -2.21. The number of ether oxygens (including phenoxy) is 1. The average molecular weight is 199 g/mol. The van der Waals surface area contributed by atoms with Crippen LogP contribution in [0.3, 0.4) is 0 Å². The van der Waals surface area contributed by atoms with Crippen LogP contribution in [0.25, 0.3) is 0 Å². The standard InChI is InChI=1S/C10H17NO3/c1-5-9(4)11(6-7-12)10(13)14-8(2)3/h5,7-8H,6H2,1-4H3. The van der Waals surface area contributed by atoms with Gasteiger partial charge in [-0.05, 0) is 27.7 Å². The number of hydrogen-bond acceptors (Lipinski definition) is 3. The molecule has 0 rings (SSSR count). The fraction of sp³-hybridized carbons (Fsp3) is 0.600. The third kappa shape index (κ3) is 4.07. The Labute approximate surface area is 84.5 Å². The smallest absolute Gasteiger partial charge is 0.414 e. The molecule has 0 heterocycles. The van der Waals surface area contributed by atoms with Crippen molar-refractivity contribution in [2.24, 2.45) is 0 Å². The zero-order chi connectivity index (χ0) is 11.1. The first-order valence-electron chi connectivity index (χ1n) is 4.57. The highest BCUT2D eigenvalue weighted by molar-refractivity contribution is 5.73. The van der Waals surface area contributed by atoms with E-state index in [1.165, 1.54) is 4.90 Å². The van der Waals surface area contributed by atoms with E-state index in [0.29, 0.717) is 12.0 Å². The van der Waals surface area contributed by atoms with E-state index in [0.717, 1.165) is 0 Å². The van der Waals surface area contributed by atoms with Crippen LogP contribution in [0.5, 0.6) is 0 Å². The molecule has 0 aromatic heterocycles. The molecule has 0 atom stereocenters. The van der Waals surface area contributed by atoms with Crippen LogP contribution in [0.2, 0.25) is 0 Å². The predicted molar refractivity (Wildman–Crippen MR) is 53.8 cm³/mol. The van der Waals surface area contributed by atoms with Crippen molar-refractivity contribution in [3.63, 3.8) is 0 Å². The second kappa shape index (κ2) is 6.18. The number of amides is 1. The fourth-order valence-corrected chi connectivity index (χ4v) is 0.858. The molecule has 0 saturated carbocycles. The lowest BCUT2D eigenvalue weighted by molar-refractivity contribution is -0.108. The molecule has 0 aromatic rings. The van der Waals surface area contributed by atoms with Crippen LogP contribution in [0.4, 0.5) is 4.79 Å². The van der Waals surface area contributed by atoms with Crippen LogP contribution in [-0.2, 0) is 9.53 Å². The highest BCUT2D eigenvalue weighted by Gasteiger charge is 2.16. The van der Waals surface area contributed by atoms with Crippen molar-refractivity contribution in [3.05, 3.63) is 11.8 Å². The van der Waals surface area contributed by atoms with Gasteiger partial charge in [0.25, 0.3) is 0 Å². The van der Waals surface area contributed by atoms with Crippen LogP contribution < -0.4 is 0 Å². The van der Waals surface area contributed by atoms with Crippen molar-refractivity contribution < 1.29 is 14.3 Å². The number of hydrogen-bond donors (Lipinski definition) is 0. The minimum absolute atomic E-state index is 0.0295. The molecular formula is C10H17NO3. The Morgan fingerprint density at radius 2 is 2.07 bits per heavy atom. The number of rotatable bonds is 4. The second-order valence-corrected chi connectivity index (χ2v) is 3.14.